The van der Waals surface area contributed by atoms with Gasteiger partial charge >= 0.3 is 6.03 Å². The summed E-state index contributed by atoms with van der Waals surface area (Å²) in [4.78, 5) is 29.3. The van der Waals surface area contributed by atoms with E-state index in [4.69, 9.17) is 4.74 Å². The first kappa shape index (κ1) is 24.3. The van der Waals surface area contributed by atoms with E-state index in [0.717, 1.165) is 54.3 Å². The molecule has 3 fully saturated rings. The van der Waals surface area contributed by atoms with Gasteiger partial charge in [-0.1, -0.05) is 30.0 Å². The number of ether oxygens (including phenoxy) is 1. The second-order valence-corrected chi connectivity index (χ2v) is 11.4. The second kappa shape index (κ2) is 10.0. The maximum atomic E-state index is 13.5. The minimum atomic E-state index is -0.269. The van der Waals surface area contributed by atoms with Crippen molar-refractivity contribution in [3.05, 3.63) is 64.7 Å². The molecule has 0 radical (unpaired) electrons. The molecule has 2 aromatic carbocycles. The Kier molecular flexibility index (Phi) is 6.60. The molecule has 3 unspecified atom stereocenters. The fraction of sp³-hybridized carbons (Fsp3) is 0.429. The fourth-order valence-electron chi connectivity index (χ4n) is 5.96. The minimum absolute atomic E-state index is 0.00465. The Morgan fingerprint density at radius 1 is 1.08 bits per heavy atom. The van der Waals surface area contributed by atoms with Crippen LogP contribution in [0.25, 0.3) is 0 Å². The van der Waals surface area contributed by atoms with E-state index in [9.17, 15) is 14.7 Å². The predicted octanol–water partition coefficient (Wildman–Crippen LogP) is 4.00. The Balaban J connectivity index is 1.24. The molecule has 1 aliphatic carbocycles. The lowest BCUT2D eigenvalue weighted by atomic mass is 9.86. The highest BCUT2D eigenvalue weighted by Crippen LogP contribution is 2.48. The van der Waals surface area contributed by atoms with Gasteiger partial charge in [-0.2, -0.15) is 0 Å². The van der Waals surface area contributed by atoms with Crippen LogP contribution in [0.4, 0.5) is 10.5 Å². The molecule has 3 aliphatic heterocycles. The third kappa shape index (κ3) is 4.71. The van der Waals surface area contributed by atoms with Crippen LogP contribution in [0, 0.1) is 12.8 Å². The van der Waals surface area contributed by atoms with Crippen LogP contribution < -0.4 is 25.6 Å². The van der Waals surface area contributed by atoms with E-state index in [1.165, 1.54) is 11.8 Å². The van der Waals surface area contributed by atoms with E-state index in [0.29, 0.717) is 17.7 Å². The van der Waals surface area contributed by atoms with Gasteiger partial charge in [-0.3, -0.25) is 9.69 Å². The highest BCUT2D eigenvalue weighted by Gasteiger charge is 2.52. The lowest BCUT2D eigenvalue weighted by Gasteiger charge is -2.46. The number of thioether (sulfide) groups is 1. The van der Waals surface area contributed by atoms with Crippen LogP contribution in [-0.4, -0.2) is 47.2 Å². The van der Waals surface area contributed by atoms with E-state index in [1.54, 1.807) is 0 Å². The fourth-order valence-corrected chi connectivity index (χ4v) is 7.36. The largest absolute Gasteiger partial charge is 0.457 e. The van der Waals surface area contributed by atoms with Gasteiger partial charge < -0.3 is 25.8 Å². The van der Waals surface area contributed by atoms with Crippen LogP contribution in [0.2, 0.25) is 0 Å². The highest BCUT2D eigenvalue weighted by molar-refractivity contribution is 8.04. The van der Waals surface area contributed by atoms with Gasteiger partial charge in [-0.05, 0) is 81.5 Å². The summed E-state index contributed by atoms with van der Waals surface area (Å²) in [6, 6.07) is 15.3. The maximum Gasteiger partial charge on any atom is 0.326 e. The van der Waals surface area contributed by atoms with Crippen molar-refractivity contribution in [2.75, 3.05) is 11.4 Å². The lowest BCUT2D eigenvalue weighted by molar-refractivity contribution is -0.117. The first-order valence-electron chi connectivity index (χ1n) is 13.0. The Hall–Kier alpha value is -3.01. The average Bonchev–Trinajstić information content (AvgIpc) is 3.27. The van der Waals surface area contributed by atoms with Crippen LogP contribution in [0.3, 0.4) is 0 Å². The summed E-state index contributed by atoms with van der Waals surface area (Å²) in [7, 11) is 0. The highest BCUT2D eigenvalue weighted by atomic mass is 32.2. The van der Waals surface area contributed by atoms with E-state index < -0.39 is 0 Å². The number of rotatable bonds is 5. The molecule has 37 heavy (non-hydrogen) atoms. The number of nitrogens with one attached hydrogen (secondary N) is 3. The molecule has 0 aromatic heterocycles. The number of benzene rings is 2. The number of carbonyl (C=O) groups is 2. The SMILES string of the molecule is Cc1cc(Oc2ccccc2)ccc1N1C(=O)NC2=C(C(=O)NC3CCC(O)CC3)SC3NCCC1C23. The number of amides is 3. The summed E-state index contributed by atoms with van der Waals surface area (Å²) in [6.07, 6.45) is 3.50. The van der Waals surface area contributed by atoms with Gasteiger partial charge in [-0.25, -0.2) is 4.79 Å². The third-order valence-electron chi connectivity index (χ3n) is 7.79. The van der Waals surface area contributed by atoms with Crippen molar-refractivity contribution >= 4 is 29.4 Å². The van der Waals surface area contributed by atoms with E-state index in [1.807, 2.05) is 60.4 Å². The molecule has 8 nitrogen and oxygen atoms in total. The first-order valence-corrected chi connectivity index (χ1v) is 13.9. The Bertz CT molecular complexity index is 1230. The van der Waals surface area contributed by atoms with E-state index in [-0.39, 0.29) is 41.4 Å². The molecule has 4 aliphatic rings. The molecular weight excluding hydrogens is 488 g/mol. The molecule has 4 N–H and O–H groups in total. The van der Waals surface area contributed by atoms with Crippen LogP contribution in [-0.2, 0) is 4.79 Å². The molecule has 2 aromatic rings. The van der Waals surface area contributed by atoms with Gasteiger partial charge in [0.05, 0.1) is 22.4 Å². The monoisotopic (exact) mass is 520 g/mol. The maximum absolute atomic E-state index is 13.5. The quantitative estimate of drug-likeness (QED) is 0.475. The average molecular weight is 521 g/mol. The van der Waals surface area contributed by atoms with Gasteiger partial charge in [0, 0.05) is 23.3 Å². The van der Waals surface area contributed by atoms with Gasteiger partial charge in [0.2, 0.25) is 0 Å². The Labute approximate surface area is 220 Å². The number of anilines is 1. The van der Waals surface area contributed by atoms with E-state index in [2.05, 4.69) is 16.0 Å². The number of hydrogen-bond donors (Lipinski definition) is 4. The molecule has 9 heteroatoms. The molecule has 3 amide bonds. The number of aliphatic hydroxyl groups is 1. The molecule has 6 rings (SSSR count). The molecule has 0 bridgehead atoms. The van der Waals surface area contributed by atoms with Crippen molar-refractivity contribution < 1.29 is 19.4 Å². The van der Waals surface area contributed by atoms with Crippen molar-refractivity contribution in [1.29, 1.82) is 0 Å². The summed E-state index contributed by atoms with van der Waals surface area (Å²) in [5.74, 6) is 1.37. The topological polar surface area (TPSA) is 103 Å². The van der Waals surface area contributed by atoms with Gasteiger partial charge in [0.1, 0.15) is 11.5 Å². The molecule has 2 saturated heterocycles. The predicted molar refractivity (Wildman–Crippen MR) is 143 cm³/mol. The Morgan fingerprint density at radius 2 is 1.86 bits per heavy atom. The van der Waals surface area contributed by atoms with Gasteiger partial charge in [-0.15, -0.1) is 0 Å². The zero-order chi connectivity index (χ0) is 25.5. The summed E-state index contributed by atoms with van der Waals surface area (Å²) < 4.78 is 5.99. The van der Waals surface area contributed by atoms with Crippen LogP contribution in [0.15, 0.2) is 59.1 Å². The number of piperidine rings is 1. The van der Waals surface area contributed by atoms with E-state index >= 15 is 0 Å². The number of nitrogens with zero attached hydrogens (tertiary/aromatic N) is 1. The van der Waals surface area contributed by atoms with Crippen molar-refractivity contribution in [2.45, 2.75) is 62.6 Å². The standard InChI is InChI=1S/C28H32N4O4S/c1-16-15-20(36-19-5-3-2-4-6-19)11-12-21(16)32-22-13-14-29-27-23(22)24(31-28(32)35)25(37-27)26(34)30-17-7-9-18(33)10-8-17/h2-6,11-12,15,17-18,22-23,27,29,33H,7-10,13-14H2,1H3,(H,30,34)(H,31,35). The van der Waals surface area contributed by atoms with Crippen LogP contribution in [0.5, 0.6) is 11.5 Å². The van der Waals surface area contributed by atoms with Crippen LogP contribution >= 0.6 is 11.8 Å². The number of hydrogen-bond acceptors (Lipinski definition) is 6. The smallest absolute Gasteiger partial charge is 0.326 e. The lowest BCUT2D eigenvalue weighted by Crippen LogP contribution is -2.62. The zero-order valence-electron chi connectivity index (χ0n) is 20.8. The summed E-state index contributed by atoms with van der Waals surface area (Å²) in [5, 5.41) is 19.6. The number of carbonyl (C=O) groups excluding carboxylic acids is 2. The van der Waals surface area contributed by atoms with Crippen molar-refractivity contribution in [3.8, 4) is 11.5 Å². The molecular formula is C28H32N4O4S. The molecule has 194 valence electrons. The number of aliphatic hydroxyl groups excluding tert-OH is 1. The molecule has 3 heterocycles. The van der Waals surface area contributed by atoms with Crippen molar-refractivity contribution in [2.24, 2.45) is 5.92 Å². The van der Waals surface area contributed by atoms with Crippen molar-refractivity contribution in [1.82, 2.24) is 16.0 Å². The zero-order valence-corrected chi connectivity index (χ0v) is 21.6. The third-order valence-corrected chi connectivity index (χ3v) is 9.14. The Morgan fingerprint density at radius 3 is 2.62 bits per heavy atom. The molecule has 3 atom stereocenters. The minimum Gasteiger partial charge on any atom is -0.457 e. The van der Waals surface area contributed by atoms with Crippen molar-refractivity contribution in [3.63, 3.8) is 0 Å². The second-order valence-electron chi connectivity index (χ2n) is 10.3. The number of aryl methyl sites for hydroxylation is 1. The first-order chi connectivity index (χ1) is 18.0. The van der Waals surface area contributed by atoms with Crippen LogP contribution in [0.1, 0.15) is 37.7 Å². The molecule has 1 saturated carbocycles. The molecule has 0 spiro atoms. The number of urea groups is 1. The van der Waals surface area contributed by atoms with Gasteiger partial charge in [0.15, 0.2) is 0 Å². The summed E-state index contributed by atoms with van der Waals surface area (Å²) in [6.45, 7) is 2.77. The summed E-state index contributed by atoms with van der Waals surface area (Å²) in [5.41, 5.74) is 2.55. The number of para-hydroxylation sites is 1. The summed E-state index contributed by atoms with van der Waals surface area (Å²) >= 11 is 1.52. The normalized spacial score (nSPS) is 29.0. The van der Waals surface area contributed by atoms with Gasteiger partial charge in [0.25, 0.3) is 5.91 Å².